The van der Waals surface area contributed by atoms with Gasteiger partial charge in [0.1, 0.15) is 0 Å². The molecule has 23 heavy (non-hydrogen) atoms. The summed E-state index contributed by atoms with van der Waals surface area (Å²) >= 11 is 0. The maximum absolute atomic E-state index is 12.8. The molecule has 2 heterocycles. The van der Waals surface area contributed by atoms with Gasteiger partial charge in [0.15, 0.2) is 0 Å². The number of anilines is 1. The summed E-state index contributed by atoms with van der Waals surface area (Å²) in [6, 6.07) is 13.9. The number of carbonyl (C=O) groups is 2. The topological polar surface area (TPSA) is 49.4 Å². The van der Waals surface area contributed by atoms with Crippen molar-refractivity contribution in [3.63, 3.8) is 0 Å². The van der Waals surface area contributed by atoms with Crippen molar-refractivity contribution in [2.45, 2.75) is 25.8 Å². The van der Waals surface area contributed by atoms with E-state index >= 15 is 0 Å². The molecule has 1 N–H and O–H groups in total. The fourth-order valence-electron chi connectivity index (χ4n) is 3.37. The van der Waals surface area contributed by atoms with Crippen molar-refractivity contribution in [1.82, 2.24) is 4.90 Å². The molecule has 0 spiro atoms. The second-order valence-corrected chi connectivity index (χ2v) is 6.17. The van der Waals surface area contributed by atoms with Gasteiger partial charge >= 0.3 is 0 Å². The molecule has 2 aromatic rings. The van der Waals surface area contributed by atoms with Gasteiger partial charge in [0.05, 0.1) is 0 Å². The first kappa shape index (κ1) is 14.0. The molecule has 0 aromatic heterocycles. The Hall–Kier alpha value is -2.62. The van der Waals surface area contributed by atoms with Gasteiger partial charge in [-0.1, -0.05) is 24.3 Å². The van der Waals surface area contributed by atoms with Crippen LogP contribution < -0.4 is 5.32 Å². The highest BCUT2D eigenvalue weighted by atomic mass is 16.2. The Labute approximate surface area is 135 Å². The lowest BCUT2D eigenvalue weighted by Gasteiger charge is -2.29. The number of nitrogens with zero attached hydrogens (tertiary/aromatic N) is 1. The molecular formula is C19H18N2O2. The molecule has 0 saturated carbocycles. The maximum atomic E-state index is 12.8. The Balaban J connectivity index is 1.57. The number of aryl methyl sites for hydroxylation is 1. The quantitative estimate of drug-likeness (QED) is 0.881. The summed E-state index contributed by atoms with van der Waals surface area (Å²) in [5, 5.41) is 2.85. The van der Waals surface area contributed by atoms with Crippen LogP contribution in [0.15, 0.2) is 42.5 Å². The molecule has 0 unspecified atom stereocenters. The summed E-state index contributed by atoms with van der Waals surface area (Å²) in [6.45, 7) is 1.42. The van der Waals surface area contributed by atoms with Crippen LogP contribution in [0.2, 0.25) is 0 Å². The number of fused-ring (bicyclic) bond motifs is 2. The van der Waals surface area contributed by atoms with Crippen molar-refractivity contribution < 1.29 is 9.59 Å². The molecule has 2 aromatic carbocycles. The van der Waals surface area contributed by atoms with Crippen molar-refractivity contribution in [1.29, 1.82) is 0 Å². The normalized spacial score (nSPS) is 16.3. The highest BCUT2D eigenvalue weighted by molar-refractivity contribution is 5.98. The van der Waals surface area contributed by atoms with E-state index in [-0.39, 0.29) is 11.8 Å². The second-order valence-electron chi connectivity index (χ2n) is 6.17. The minimum atomic E-state index is 0.0456. The van der Waals surface area contributed by atoms with Gasteiger partial charge in [0, 0.05) is 30.8 Å². The van der Waals surface area contributed by atoms with Gasteiger partial charge < -0.3 is 10.2 Å². The average molecular weight is 306 g/mol. The molecule has 2 amide bonds. The predicted octanol–water partition coefficient (Wildman–Crippen LogP) is 2.77. The minimum Gasteiger partial charge on any atom is -0.334 e. The van der Waals surface area contributed by atoms with Crippen LogP contribution in [0.25, 0.3) is 0 Å². The lowest BCUT2D eigenvalue weighted by Crippen LogP contribution is -2.36. The number of rotatable bonds is 1. The summed E-state index contributed by atoms with van der Waals surface area (Å²) in [6.07, 6.45) is 2.09. The third kappa shape index (κ3) is 2.61. The number of hydrogen-bond acceptors (Lipinski definition) is 2. The van der Waals surface area contributed by atoms with E-state index in [4.69, 9.17) is 0 Å². The van der Waals surface area contributed by atoms with Crippen molar-refractivity contribution in [3.05, 3.63) is 64.7 Å². The molecule has 0 radical (unpaired) electrons. The third-order valence-electron chi connectivity index (χ3n) is 4.67. The Morgan fingerprint density at radius 2 is 1.78 bits per heavy atom. The van der Waals surface area contributed by atoms with Crippen molar-refractivity contribution in [3.8, 4) is 0 Å². The van der Waals surface area contributed by atoms with Crippen LogP contribution >= 0.6 is 0 Å². The SMILES string of the molecule is O=C1CCc2cc(C(=O)N3CCc4ccccc4C3)ccc2N1. The van der Waals surface area contributed by atoms with E-state index in [1.54, 1.807) is 0 Å². The summed E-state index contributed by atoms with van der Waals surface area (Å²) < 4.78 is 0. The van der Waals surface area contributed by atoms with Crippen LogP contribution in [0.3, 0.4) is 0 Å². The van der Waals surface area contributed by atoms with Crippen LogP contribution in [0.4, 0.5) is 5.69 Å². The predicted molar refractivity (Wildman–Crippen MR) is 88.3 cm³/mol. The van der Waals surface area contributed by atoms with Gasteiger partial charge in [0.25, 0.3) is 5.91 Å². The van der Waals surface area contributed by atoms with Crippen molar-refractivity contribution in [2.75, 3.05) is 11.9 Å². The Kier molecular flexibility index (Phi) is 3.37. The molecule has 2 aliphatic rings. The zero-order valence-electron chi connectivity index (χ0n) is 12.8. The van der Waals surface area contributed by atoms with E-state index in [1.165, 1.54) is 11.1 Å². The van der Waals surface area contributed by atoms with E-state index < -0.39 is 0 Å². The molecular weight excluding hydrogens is 288 g/mol. The number of carbonyl (C=O) groups excluding carboxylic acids is 2. The van der Waals surface area contributed by atoms with Gasteiger partial charge in [-0.15, -0.1) is 0 Å². The highest BCUT2D eigenvalue weighted by Gasteiger charge is 2.23. The molecule has 0 fully saturated rings. The molecule has 4 nitrogen and oxygen atoms in total. The first-order chi connectivity index (χ1) is 11.2. The molecule has 0 atom stereocenters. The van der Waals surface area contributed by atoms with Crippen molar-refractivity contribution in [2.24, 2.45) is 0 Å². The van der Waals surface area contributed by atoms with E-state index in [2.05, 4.69) is 17.4 Å². The fourth-order valence-corrected chi connectivity index (χ4v) is 3.37. The largest absolute Gasteiger partial charge is 0.334 e. The molecule has 116 valence electrons. The third-order valence-corrected chi connectivity index (χ3v) is 4.67. The van der Waals surface area contributed by atoms with E-state index in [0.717, 1.165) is 24.2 Å². The average Bonchev–Trinajstić information content (AvgIpc) is 2.60. The Morgan fingerprint density at radius 3 is 2.65 bits per heavy atom. The fraction of sp³-hybridized carbons (Fsp3) is 0.263. The lowest BCUT2D eigenvalue weighted by molar-refractivity contribution is -0.116. The first-order valence-electron chi connectivity index (χ1n) is 7.99. The second kappa shape index (κ2) is 5.54. The molecule has 0 aliphatic carbocycles. The zero-order valence-corrected chi connectivity index (χ0v) is 12.8. The maximum Gasteiger partial charge on any atom is 0.254 e. The van der Waals surface area contributed by atoms with Crippen LogP contribution in [-0.4, -0.2) is 23.3 Å². The van der Waals surface area contributed by atoms with E-state index in [0.29, 0.717) is 24.9 Å². The van der Waals surface area contributed by atoms with Gasteiger partial charge in [-0.25, -0.2) is 0 Å². The van der Waals surface area contributed by atoms with Crippen molar-refractivity contribution >= 4 is 17.5 Å². The number of hydrogen-bond donors (Lipinski definition) is 1. The van der Waals surface area contributed by atoms with E-state index in [1.807, 2.05) is 35.2 Å². The van der Waals surface area contributed by atoms with Gasteiger partial charge in [-0.2, -0.15) is 0 Å². The standard InChI is InChI=1S/C19H18N2O2/c22-18-8-6-14-11-15(5-7-17(14)20-18)19(23)21-10-9-13-3-1-2-4-16(13)12-21/h1-5,7,11H,6,8-10,12H2,(H,20,22). The molecule has 4 heteroatoms. The highest BCUT2D eigenvalue weighted by Crippen LogP contribution is 2.25. The molecule has 0 bridgehead atoms. The van der Waals surface area contributed by atoms with Gasteiger partial charge in [-0.3, -0.25) is 9.59 Å². The zero-order chi connectivity index (χ0) is 15.8. The van der Waals surface area contributed by atoms with Crippen LogP contribution in [0.5, 0.6) is 0 Å². The minimum absolute atomic E-state index is 0.0456. The van der Waals surface area contributed by atoms with Gasteiger partial charge in [-0.05, 0) is 47.7 Å². The summed E-state index contributed by atoms with van der Waals surface area (Å²) in [5.74, 6) is 0.114. The van der Waals surface area contributed by atoms with Gasteiger partial charge in [0.2, 0.25) is 5.91 Å². The number of benzene rings is 2. The van der Waals surface area contributed by atoms with Crippen LogP contribution in [0.1, 0.15) is 33.5 Å². The van der Waals surface area contributed by atoms with E-state index in [9.17, 15) is 9.59 Å². The Morgan fingerprint density at radius 1 is 0.957 bits per heavy atom. The first-order valence-corrected chi connectivity index (χ1v) is 7.99. The molecule has 4 rings (SSSR count). The lowest BCUT2D eigenvalue weighted by atomic mass is 9.97. The summed E-state index contributed by atoms with van der Waals surface area (Å²) in [5.41, 5.74) is 5.16. The number of amides is 2. The Bertz CT molecular complexity index is 798. The summed E-state index contributed by atoms with van der Waals surface area (Å²) in [7, 11) is 0. The number of nitrogens with one attached hydrogen (secondary N) is 1. The van der Waals surface area contributed by atoms with Crippen LogP contribution in [-0.2, 0) is 24.2 Å². The van der Waals surface area contributed by atoms with Crippen LogP contribution in [0, 0.1) is 0 Å². The molecule has 0 saturated heterocycles. The monoisotopic (exact) mass is 306 g/mol. The summed E-state index contributed by atoms with van der Waals surface area (Å²) in [4.78, 5) is 26.1. The smallest absolute Gasteiger partial charge is 0.254 e. The molecule has 2 aliphatic heterocycles.